The van der Waals surface area contributed by atoms with Gasteiger partial charge in [0.1, 0.15) is 0 Å². The van der Waals surface area contributed by atoms with Gasteiger partial charge in [0.05, 0.1) is 0 Å². The van der Waals surface area contributed by atoms with Crippen molar-refractivity contribution >= 4 is 5.78 Å². The predicted octanol–water partition coefficient (Wildman–Crippen LogP) is 3.31. The molecule has 0 aromatic heterocycles. The molecule has 0 aliphatic carbocycles. The van der Waals surface area contributed by atoms with Gasteiger partial charge in [0.25, 0.3) is 0 Å². The number of allylic oxidation sites excluding steroid dienone is 1. The van der Waals surface area contributed by atoms with Crippen LogP contribution >= 0.6 is 0 Å². The lowest BCUT2D eigenvalue weighted by atomic mass is 9.79. The lowest BCUT2D eigenvalue weighted by Gasteiger charge is -2.24. The molecule has 0 spiro atoms. The summed E-state index contributed by atoms with van der Waals surface area (Å²) >= 11 is 0. The van der Waals surface area contributed by atoms with Crippen LogP contribution in [0.25, 0.3) is 0 Å². The predicted molar refractivity (Wildman–Crippen MR) is 70.3 cm³/mol. The summed E-state index contributed by atoms with van der Waals surface area (Å²) in [5.74, 6) is 0.246. The Morgan fingerprint density at radius 1 is 1.12 bits per heavy atom. The molecule has 0 amide bonds. The van der Waals surface area contributed by atoms with Gasteiger partial charge in [0.15, 0.2) is 5.78 Å². The molecule has 0 saturated carbocycles. The number of carbonyl (C=O) groups excluding carboxylic acids is 1. The molecule has 0 unspecified atom stereocenters. The van der Waals surface area contributed by atoms with Crippen LogP contribution in [0.4, 0.5) is 0 Å². The Hall–Kier alpha value is -0.630. The molecule has 0 rings (SSSR count). The molecule has 0 aromatic rings. The first-order valence-corrected chi connectivity index (χ1v) is 6.02. The van der Waals surface area contributed by atoms with Crippen LogP contribution in [0.5, 0.6) is 0 Å². The van der Waals surface area contributed by atoms with E-state index in [1.807, 2.05) is 26.8 Å². The van der Waals surface area contributed by atoms with Gasteiger partial charge in [-0.15, -0.1) is 0 Å². The Labute approximate surface area is 100 Å². The van der Waals surface area contributed by atoms with E-state index in [4.69, 9.17) is 5.73 Å². The molecule has 0 aliphatic heterocycles. The maximum atomic E-state index is 12.2. The van der Waals surface area contributed by atoms with E-state index in [-0.39, 0.29) is 16.6 Å². The number of carbonyl (C=O) groups is 1. The first-order valence-electron chi connectivity index (χ1n) is 6.02. The number of ketones is 1. The highest BCUT2D eigenvalue weighted by Gasteiger charge is 2.27. The molecule has 0 radical (unpaired) electrons. The van der Waals surface area contributed by atoms with E-state index >= 15 is 0 Å². The number of hydrogen-bond acceptors (Lipinski definition) is 2. The highest BCUT2D eigenvalue weighted by Crippen LogP contribution is 2.29. The quantitative estimate of drug-likeness (QED) is 0.746. The summed E-state index contributed by atoms with van der Waals surface area (Å²) in [7, 11) is 0. The van der Waals surface area contributed by atoms with Crippen molar-refractivity contribution in [2.45, 2.75) is 54.4 Å². The molecule has 0 aromatic carbocycles. The monoisotopic (exact) mass is 225 g/mol. The molecule has 0 aliphatic rings. The minimum Gasteiger partial charge on any atom is -0.330 e. The van der Waals surface area contributed by atoms with E-state index in [1.165, 1.54) is 0 Å². The van der Waals surface area contributed by atoms with Gasteiger partial charge in [-0.1, -0.05) is 47.6 Å². The maximum absolute atomic E-state index is 12.2. The molecule has 2 nitrogen and oxygen atoms in total. The zero-order valence-corrected chi connectivity index (χ0v) is 11.7. The van der Waals surface area contributed by atoms with E-state index in [0.29, 0.717) is 6.54 Å². The molecule has 0 bridgehead atoms. The first kappa shape index (κ1) is 15.4. The summed E-state index contributed by atoms with van der Waals surface area (Å²) in [5, 5.41) is 0. The van der Waals surface area contributed by atoms with Crippen LogP contribution in [-0.2, 0) is 4.79 Å². The van der Waals surface area contributed by atoms with E-state index in [2.05, 4.69) is 20.8 Å². The highest BCUT2D eigenvalue weighted by molar-refractivity contribution is 5.99. The normalized spacial score (nSPS) is 14.1. The number of Topliss-reactive ketones (excluding diaryl/α,β-unsaturated/α-hetero) is 1. The fourth-order valence-electron chi connectivity index (χ4n) is 1.56. The molecule has 0 saturated heterocycles. The average Bonchev–Trinajstić information content (AvgIpc) is 2.07. The molecule has 2 heteroatoms. The van der Waals surface area contributed by atoms with Gasteiger partial charge in [0, 0.05) is 5.41 Å². The summed E-state index contributed by atoms with van der Waals surface area (Å²) in [4.78, 5) is 12.2. The van der Waals surface area contributed by atoms with E-state index in [0.717, 1.165) is 18.4 Å². The third-order valence-electron chi connectivity index (χ3n) is 2.25. The van der Waals surface area contributed by atoms with E-state index < -0.39 is 0 Å². The molecule has 2 N–H and O–H groups in total. The summed E-state index contributed by atoms with van der Waals surface area (Å²) in [5.41, 5.74) is 6.27. The zero-order chi connectivity index (χ0) is 13.0. The second-order valence-electron chi connectivity index (χ2n) is 6.62. The molecular formula is C14H27NO. The Morgan fingerprint density at radius 3 is 1.94 bits per heavy atom. The number of hydrogen-bond donors (Lipinski definition) is 1. The standard InChI is InChI=1S/C14H27NO/c1-13(2,3)10-11(8-7-9-15)12(16)14(4,5)6/h8H,7,9-10,15H2,1-6H3/b11-8-. The topological polar surface area (TPSA) is 43.1 Å². The van der Waals surface area contributed by atoms with E-state index in [9.17, 15) is 4.79 Å². The van der Waals surface area contributed by atoms with Gasteiger partial charge >= 0.3 is 0 Å². The van der Waals surface area contributed by atoms with Crippen LogP contribution in [0.3, 0.4) is 0 Å². The van der Waals surface area contributed by atoms with Gasteiger partial charge in [0.2, 0.25) is 0 Å². The Bertz CT molecular complexity index is 263. The van der Waals surface area contributed by atoms with Gasteiger partial charge in [-0.25, -0.2) is 0 Å². The molecular weight excluding hydrogens is 198 g/mol. The minimum absolute atomic E-state index is 0.140. The smallest absolute Gasteiger partial charge is 0.163 e. The van der Waals surface area contributed by atoms with Crippen LogP contribution < -0.4 is 5.73 Å². The highest BCUT2D eigenvalue weighted by atomic mass is 16.1. The fraction of sp³-hybridized carbons (Fsp3) is 0.786. The Kier molecular flexibility index (Phi) is 5.40. The Morgan fingerprint density at radius 2 is 1.62 bits per heavy atom. The lowest BCUT2D eigenvalue weighted by molar-refractivity contribution is -0.122. The van der Waals surface area contributed by atoms with E-state index in [1.54, 1.807) is 0 Å². The molecule has 16 heavy (non-hydrogen) atoms. The molecule has 0 atom stereocenters. The number of nitrogens with two attached hydrogens (primary N) is 1. The summed E-state index contributed by atoms with van der Waals surface area (Å²) < 4.78 is 0. The average molecular weight is 225 g/mol. The van der Waals surface area contributed by atoms with Crippen molar-refractivity contribution < 1.29 is 4.79 Å². The molecule has 0 heterocycles. The maximum Gasteiger partial charge on any atom is 0.163 e. The van der Waals surface area contributed by atoms with Crippen LogP contribution in [0.2, 0.25) is 0 Å². The van der Waals surface area contributed by atoms with Gasteiger partial charge < -0.3 is 5.73 Å². The van der Waals surface area contributed by atoms with Crippen molar-refractivity contribution in [2.24, 2.45) is 16.6 Å². The molecule has 0 fully saturated rings. The fourth-order valence-corrected chi connectivity index (χ4v) is 1.56. The summed E-state index contributed by atoms with van der Waals surface area (Å²) in [6.45, 7) is 13.0. The summed E-state index contributed by atoms with van der Waals surface area (Å²) in [6, 6.07) is 0. The van der Waals surface area contributed by atoms with Crippen molar-refractivity contribution in [3.8, 4) is 0 Å². The van der Waals surface area contributed by atoms with Crippen LogP contribution in [-0.4, -0.2) is 12.3 Å². The minimum atomic E-state index is -0.300. The SMILES string of the molecule is CC(C)(C)C/C(=C/CCN)C(=O)C(C)(C)C. The van der Waals surface area contributed by atoms with Gasteiger partial charge in [-0.3, -0.25) is 4.79 Å². The zero-order valence-electron chi connectivity index (χ0n) is 11.7. The van der Waals surface area contributed by atoms with Crippen molar-refractivity contribution in [2.75, 3.05) is 6.54 Å². The van der Waals surface area contributed by atoms with Crippen molar-refractivity contribution in [3.05, 3.63) is 11.6 Å². The van der Waals surface area contributed by atoms with Crippen LogP contribution in [0.1, 0.15) is 54.4 Å². The lowest BCUT2D eigenvalue weighted by Crippen LogP contribution is -2.24. The third kappa shape index (κ3) is 6.06. The summed E-state index contributed by atoms with van der Waals surface area (Å²) in [6.07, 6.45) is 3.62. The van der Waals surface area contributed by atoms with Crippen molar-refractivity contribution in [1.82, 2.24) is 0 Å². The second-order valence-corrected chi connectivity index (χ2v) is 6.62. The van der Waals surface area contributed by atoms with Crippen molar-refractivity contribution in [1.29, 1.82) is 0 Å². The molecule has 94 valence electrons. The first-order chi connectivity index (χ1) is 7.08. The van der Waals surface area contributed by atoms with Crippen LogP contribution in [0.15, 0.2) is 11.6 Å². The van der Waals surface area contributed by atoms with Gasteiger partial charge in [-0.2, -0.15) is 0 Å². The largest absolute Gasteiger partial charge is 0.330 e. The second kappa shape index (κ2) is 5.62. The Balaban J connectivity index is 4.90. The van der Waals surface area contributed by atoms with Crippen molar-refractivity contribution in [3.63, 3.8) is 0 Å². The van der Waals surface area contributed by atoms with Crippen LogP contribution in [0, 0.1) is 10.8 Å². The van der Waals surface area contributed by atoms with Gasteiger partial charge in [-0.05, 0) is 30.4 Å². The third-order valence-corrected chi connectivity index (χ3v) is 2.25. The number of rotatable bonds is 4.